The monoisotopic (exact) mass is 342 g/mol. The molecule has 0 saturated carbocycles. The van der Waals surface area contributed by atoms with Crippen LogP contribution in [-0.4, -0.2) is 26.8 Å². The first-order chi connectivity index (χ1) is 12.1. The van der Waals surface area contributed by atoms with Crippen LogP contribution in [0.5, 0.6) is 17.2 Å². The van der Waals surface area contributed by atoms with Crippen LogP contribution in [0.1, 0.15) is 18.6 Å². The molecule has 1 aliphatic heterocycles. The first-order valence-corrected chi connectivity index (χ1v) is 8.24. The molecular formula is C20H22O5. The number of benzene rings is 2. The van der Waals surface area contributed by atoms with E-state index in [9.17, 15) is 4.79 Å². The SMILES string of the molecule is COc1ccc(O[C@@H](c2ccccc2)[C@@H]2COC(=O)[C@H]2C)cc1OC. The molecule has 5 heteroatoms. The molecule has 2 aromatic rings. The van der Waals surface area contributed by atoms with Gasteiger partial charge in [-0.2, -0.15) is 0 Å². The Morgan fingerprint density at radius 3 is 2.36 bits per heavy atom. The molecule has 1 fully saturated rings. The molecule has 132 valence electrons. The third-order valence-electron chi connectivity index (χ3n) is 4.57. The molecule has 0 aliphatic carbocycles. The van der Waals surface area contributed by atoms with Crippen LogP contribution in [0.25, 0.3) is 0 Å². The lowest BCUT2D eigenvalue weighted by atomic mass is 9.87. The lowest BCUT2D eigenvalue weighted by Gasteiger charge is -2.26. The van der Waals surface area contributed by atoms with E-state index in [1.165, 1.54) is 0 Å². The number of hydrogen-bond donors (Lipinski definition) is 0. The van der Waals surface area contributed by atoms with Crippen LogP contribution in [0.3, 0.4) is 0 Å². The minimum atomic E-state index is -0.291. The second kappa shape index (κ2) is 7.47. The quantitative estimate of drug-likeness (QED) is 0.750. The van der Waals surface area contributed by atoms with Crippen LogP contribution >= 0.6 is 0 Å². The van der Waals surface area contributed by atoms with Crippen LogP contribution in [-0.2, 0) is 9.53 Å². The highest BCUT2D eigenvalue weighted by atomic mass is 16.5. The molecule has 3 atom stereocenters. The molecule has 2 aromatic carbocycles. The number of rotatable bonds is 6. The van der Waals surface area contributed by atoms with Gasteiger partial charge in [0.1, 0.15) is 11.9 Å². The van der Waals surface area contributed by atoms with Gasteiger partial charge < -0.3 is 18.9 Å². The van der Waals surface area contributed by atoms with Crippen molar-refractivity contribution in [1.29, 1.82) is 0 Å². The predicted molar refractivity (Wildman–Crippen MR) is 93.0 cm³/mol. The summed E-state index contributed by atoms with van der Waals surface area (Å²) in [5.41, 5.74) is 1.01. The topological polar surface area (TPSA) is 54.0 Å². The molecule has 1 heterocycles. The molecule has 0 aromatic heterocycles. The maximum Gasteiger partial charge on any atom is 0.309 e. The van der Waals surface area contributed by atoms with E-state index in [0.717, 1.165) is 5.56 Å². The third-order valence-corrected chi connectivity index (χ3v) is 4.57. The van der Waals surface area contributed by atoms with Gasteiger partial charge in [-0.1, -0.05) is 37.3 Å². The zero-order valence-corrected chi connectivity index (χ0v) is 14.6. The summed E-state index contributed by atoms with van der Waals surface area (Å²) in [5, 5.41) is 0. The highest BCUT2D eigenvalue weighted by Gasteiger charge is 2.40. The number of hydrogen-bond acceptors (Lipinski definition) is 5. The zero-order chi connectivity index (χ0) is 17.8. The van der Waals surface area contributed by atoms with E-state index in [2.05, 4.69) is 0 Å². The van der Waals surface area contributed by atoms with Crippen LogP contribution in [0.15, 0.2) is 48.5 Å². The average Bonchev–Trinajstić information content (AvgIpc) is 2.99. The smallest absolute Gasteiger partial charge is 0.309 e. The van der Waals surface area contributed by atoms with Crippen molar-refractivity contribution in [3.8, 4) is 17.2 Å². The third kappa shape index (κ3) is 3.55. The largest absolute Gasteiger partial charge is 0.493 e. The minimum absolute atomic E-state index is 0.0528. The number of carbonyl (C=O) groups is 1. The summed E-state index contributed by atoms with van der Waals surface area (Å²) >= 11 is 0. The van der Waals surface area contributed by atoms with Gasteiger partial charge in [0.2, 0.25) is 0 Å². The van der Waals surface area contributed by atoms with Gasteiger partial charge >= 0.3 is 5.97 Å². The predicted octanol–water partition coefficient (Wildman–Crippen LogP) is 3.63. The van der Waals surface area contributed by atoms with Gasteiger partial charge in [0, 0.05) is 12.0 Å². The molecule has 5 nitrogen and oxygen atoms in total. The summed E-state index contributed by atoms with van der Waals surface area (Å²) < 4.78 is 22.1. The Morgan fingerprint density at radius 1 is 1.04 bits per heavy atom. The highest BCUT2D eigenvalue weighted by Crippen LogP contribution is 2.39. The van der Waals surface area contributed by atoms with Crippen molar-refractivity contribution >= 4 is 5.97 Å². The molecule has 0 radical (unpaired) electrons. The van der Waals surface area contributed by atoms with Gasteiger partial charge in [0.05, 0.1) is 26.7 Å². The van der Waals surface area contributed by atoms with Crippen LogP contribution in [0, 0.1) is 11.8 Å². The second-order valence-electron chi connectivity index (χ2n) is 6.05. The number of cyclic esters (lactones) is 1. The summed E-state index contributed by atoms with van der Waals surface area (Å²) in [5.74, 6) is 1.44. The van der Waals surface area contributed by atoms with Crippen molar-refractivity contribution in [2.75, 3.05) is 20.8 Å². The maximum atomic E-state index is 11.8. The van der Waals surface area contributed by atoms with Gasteiger partial charge in [-0.05, 0) is 17.7 Å². The number of methoxy groups -OCH3 is 2. The fourth-order valence-electron chi connectivity index (χ4n) is 3.06. The fourth-order valence-corrected chi connectivity index (χ4v) is 3.06. The summed E-state index contributed by atoms with van der Waals surface area (Å²) in [6, 6.07) is 15.3. The summed E-state index contributed by atoms with van der Waals surface area (Å²) in [7, 11) is 3.18. The normalized spacial score (nSPS) is 20.7. The highest BCUT2D eigenvalue weighted by molar-refractivity contribution is 5.74. The van der Waals surface area contributed by atoms with Gasteiger partial charge in [-0.25, -0.2) is 0 Å². The van der Waals surface area contributed by atoms with E-state index < -0.39 is 0 Å². The van der Waals surface area contributed by atoms with E-state index in [1.807, 2.05) is 43.3 Å². The van der Waals surface area contributed by atoms with E-state index in [-0.39, 0.29) is 23.9 Å². The summed E-state index contributed by atoms with van der Waals surface area (Å²) in [4.78, 5) is 11.8. The van der Waals surface area contributed by atoms with Gasteiger partial charge in [0.25, 0.3) is 0 Å². The molecule has 1 saturated heterocycles. The zero-order valence-electron chi connectivity index (χ0n) is 14.6. The summed E-state index contributed by atoms with van der Waals surface area (Å²) in [6.45, 7) is 2.24. The molecule has 25 heavy (non-hydrogen) atoms. The Hall–Kier alpha value is -2.69. The average molecular weight is 342 g/mol. The molecule has 0 N–H and O–H groups in total. The molecule has 3 rings (SSSR count). The van der Waals surface area contributed by atoms with Crippen LogP contribution in [0.4, 0.5) is 0 Å². The Labute approximate surface area is 147 Å². The standard InChI is InChI=1S/C20H22O5/c1-13-16(12-24-20(13)21)19(14-7-5-4-6-8-14)25-15-9-10-17(22-2)18(11-15)23-3/h4-11,13,16,19H,12H2,1-3H3/t13-,16+,19-/m0/s1. The van der Waals surface area contributed by atoms with Crippen molar-refractivity contribution in [3.05, 3.63) is 54.1 Å². The lowest BCUT2D eigenvalue weighted by molar-refractivity contribution is -0.140. The van der Waals surface area contributed by atoms with E-state index in [0.29, 0.717) is 23.9 Å². The first kappa shape index (κ1) is 17.1. The van der Waals surface area contributed by atoms with Crippen molar-refractivity contribution < 1.29 is 23.7 Å². The minimum Gasteiger partial charge on any atom is -0.493 e. The van der Waals surface area contributed by atoms with Gasteiger partial charge in [-0.15, -0.1) is 0 Å². The van der Waals surface area contributed by atoms with Crippen molar-refractivity contribution in [2.24, 2.45) is 11.8 Å². The number of carbonyl (C=O) groups excluding carboxylic acids is 1. The van der Waals surface area contributed by atoms with Crippen molar-refractivity contribution in [1.82, 2.24) is 0 Å². The Kier molecular flexibility index (Phi) is 5.12. The lowest BCUT2D eigenvalue weighted by Crippen LogP contribution is -2.24. The molecule has 0 bridgehead atoms. The van der Waals surface area contributed by atoms with Crippen molar-refractivity contribution in [2.45, 2.75) is 13.0 Å². The van der Waals surface area contributed by atoms with Gasteiger partial charge in [-0.3, -0.25) is 4.79 Å². The van der Waals surface area contributed by atoms with Crippen molar-refractivity contribution in [3.63, 3.8) is 0 Å². The van der Waals surface area contributed by atoms with E-state index in [4.69, 9.17) is 18.9 Å². The number of ether oxygens (including phenoxy) is 4. The van der Waals surface area contributed by atoms with Crippen LogP contribution in [0.2, 0.25) is 0 Å². The van der Waals surface area contributed by atoms with Crippen LogP contribution < -0.4 is 14.2 Å². The van der Waals surface area contributed by atoms with E-state index >= 15 is 0 Å². The summed E-state index contributed by atoms with van der Waals surface area (Å²) in [6.07, 6.45) is -0.291. The second-order valence-corrected chi connectivity index (χ2v) is 6.05. The molecule has 0 unspecified atom stereocenters. The molecule has 1 aliphatic rings. The fraction of sp³-hybridized carbons (Fsp3) is 0.350. The van der Waals surface area contributed by atoms with E-state index in [1.54, 1.807) is 26.4 Å². The Morgan fingerprint density at radius 2 is 1.76 bits per heavy atom. The Bertz CT molecular complexity index is 728. The van der Waals surface area contributed by atoms with Gasteiger partial charge in [0.15, 0.2) is 11.5 Å². The Balaban J connectivity index is 1.92. The molecule has 0 amide bonds. The first-order valence-electron chi connectivity index (χ1n) is 8.24. The molecule has 0 spiro atoms. The molecular weight excluding hydrogens is 320 g/mol. The number of esters is 1. The maximum absolute atomic E-state index is 11.8.